The molecule has 2 fully saturated rings. The molecule has 11 nitrogen and oxygen atoms in total. The van der Waals surface area contributed by atoms with Gasteiger partial charge in [0.15, 0.2) is 0 Å². The molecule has 0 aliphatic carbocycles. The van der Waals surface area contributed by atoms with Crippen LogP contribution in [0.3, 0.4) is 0 Å². The van der Waals surface area contributed by atoms with E-state index in [-0.39, 0.29) is 31.9 Å². The Hall–Kier alpha value is -4.20. The fraction of sp³-hybridized carbons (Fsp3) is 0.387. The summed E-state index contributed by atoms with van der Waals surface area (Å²) in [4.78, 5) is 60.6. The molecule has 232 valence electrons. The Kier molecular flexibility index (Phi) is 9.98. The van der Waals surface area contributed by atoms with E-state index < -0.39 is 47.9 Å². The minimum atomic E-state index is -0.945. The van der Waals surface area contributed by atoms with Gasteiger partial charge < -0.3 is 25.6 Å². The summed E-state index contributed by atoms with van der Waals surface area (Å²) in [5.74, 6) is -2.13. The SMILES string of the molecule is C[C@H]1NC(=O)CN(C)C(=O)[C@@H](Cc2ccccc2)NC(=O)[C@H]2CN(Cc3nc(-c4ccc(F)cc4)cs3)C[C@H](CNC1=O)O2. The lowest BCUT2D eigenvalue weighted by Crippen LogP contribution is -2.58. The molecule has 1 aromatic heterocycles. The molecular formula is C31H35FN6O5S. The number of hydrogen-bond acceptors (Lipinski definition) is 8. The molecule has 3 aromatic rings. The highest BCUT2D eigenvalue weighted by atomic mass is 32.1. The normalized spacial score (nSPS) is 24.1. The summed E-state index contributed by atoms with van der Waals surface area (Å²) in [6.45, 7) is 2.47. The predicted octanol–water partition coefficient (Wildman–Crippen LogP) is 1.34. The number of benzene rings is 2. The fourth-order valence-corrected chi connectivity index (χ4v) is 6.07. The number of rotatable bonds is 5. The van der Waals surface area contributed by atoms with Gasteiger partial charge >= 0.3 is 0 Å². The quantitative estimate of drug-likeness (QED) is 0.391. The van der Waals surface area contributed by atoms with Crippen molar-refractivity contribution in [3.8, 4) is 11.3 Å². The van der Waals surface area contributed by atoms with Crippen molar-refractivity contribution in [2.75, 3.05) is 33.2 Å². The second-order valence-corrected chi connectivity index (χ2v) is 12.0. The van der Waals surface area contributed by atoms with Gasteiger partial charge in [-0.05, 0) is 36.8 Å². The van der Waals surface area contributed by atoms with Crippen LogP contribution in [0.15, 0.2) is 60.0 Å². The summed E-state index contributed by atoms with van der Waals surface area (Å²) in [5.41, 5.74) is 2.37. The van der Waals surface area contributed by atoms with Crippen LogP contribution in [0, 0.1) is 5.82 Å². The largest absolute Gasteiger partial charge is 0.361 e. The molecule has 4 amide bonds. The lowest BCUT2D eigenvalue weighted by Gasteiger charge is -2.37. The predicted molar refractivity (Wildman–Crippen MR) is 162 cm³/mol. The Labute approximate surface area is 258 Å². The highest BCUT2D eigenvalue weighted by Crippen LogP contribution is 2.24. The average Bonchev–Trinajstić information content (AvgIpc) is 3.47. The first-order valence-electron chi connectivity index (χ1n) is 14.4. The number of fused-ring (bicyclic) bond motifs is 2. The van der Waals surface area contributed by atoms with Gasteiger partial charge in [-0.3, -0.25) is 24.1 Å². The molecule has 2 aliphatic rings. The lowest BCUT2D eigenvalue weighted by atomic mass is 10.0. The van der Waals surface area contributed by atoms with Gasteiger partial charge in [-0.2, -0.15) is 0 Å². The van der Waals surface area contributed by atoms with Crippen LogP contribution in [0.25, 0.3) is 11.3 Å². The summed E-state index contributed by atoms with van der Waals surface area (Å²) in [7, 11) is 1.48. The molecule has 13 heteroatoms. The van der Waals surface area contributed by atoms with Crippen LogP contribution in [0.2, 0.25) is 0 Å². The Morgan fingerprint density at radius 1 is 1.00 bits per heavy atom. The van der Waals surface area contributed by atoms with E-state index in [4.69, 9.17) is 9.72 Å². The number of nitrogens with zero attached hydrogens (tertiary/aromatic N) is 3. The van der Waals surface area contributed by atoms with E-state index in [1.807, 2.05) is 40.6 Å². The van der Waals surface area contributed by atoms with Crippen LogP contribution in [0.1, 0.15) is 17.5 Å². The van der Waals surface area contributed by atoms with Gasteiger partial charge in [0.25, 0.3) is 5.91 Å². The van der Waals surface area contributed by atoms with Gasteiger partial charge in [-0.25, -0.2) is 9.37 Å². The first-order valence-corrected chi connectivity index (χ1v) is 15.3. The number of ether oxygens (including phenoxy) is 1. The average molecular weight is 623 g/mol. The van der Waals surface area contributed by atoms with Crippen molar-refractivity contribution < 1.29 is 28.3 Å². The molecule has 0 radical (unpaired) electrons. The van der Waals surface area contributed by atoms with Crippen molar-refractivity contribution >= 4 is 35.0 Å². The van der Waals surface area contributed by atoms with Crippen LogP contribution < -0.4 is 16.0 Å². The highest BCUT2D eigenvalue weighted by Gasteiger charge is 2.36. The summed E-state index contributed by atoms with van der Waals surface area (Å²) < 4.78 is 19.6. The summed E-state index contributed by atoms with van der Waals surface area (Å²) in [6, 6.07) is 13.6. The fourth-order valence-electron chi connectivity index (χ4n) is 5.22. The molecule has 3 N–H and O–H groups in total. The number of hydrogen-bond donors (Lipinski definition) is 3. The maximum atomic E-state index is 13.7. The van der Waals surface area contributed by atoms with Crippen LogP contribution in [-0.2, 0) is 36.9 Å². The van der Waals surface area contributed by atoms with E-state index in [1.54, 1.807) is 19.1 Å². The van der Waals surface area contributed by atoms with Gasteiger partial charge in [-0.15, -0.1) is 11.3 Å². The van der Waals surface area contributed by atoms with Crippen molar-refractivity contribution in [3.05, 3.63) is 76.4 Å². The smallest absolute Gasteiger partial charge is 0.251 e. The Morgan fingerprint density at radius 3 is 2.50 bits per heavy atom. The Balaban J connectivity index is 1.37. The second kappa shape index (κ2) is 14.1. The van der Waals surface area contributed by atoms with E-state index in [2.05, 4.69) is 16.0 Å². The molecule has 0 unspecified atom stereocenters. The lowest BCUT2D eigenvalue weighted by molar-refractivity contribution is -0.150. The first-order chi connectivity index (χ1) is 21.1. The summed E-state index contributed by atoms with van der Waals surface area (Å²) >= 11 is 1.46. The molecule has 2 saturated heterocycles. The van der Waals surface area contributed by atoms with Crippen molar-refractivity contribution in [2.24, 2.45) is 0 Å². The topological polar surface area (TPSA) is 133 Å². The summed E-state index contributed by atoms with van der Waals surface area (Å²) in [5, 5.41) is 11.0. The zero-order chi connectivity index (χ0) is 31.2. The molecule has 5 rings (SSSR count). The minimum absolute atomic E-state index is 0.115. The maximum Gasteiger partial charge on any atom is 0.251 e. The van der Waals surface area contributed by atoms with Gasteiger partial charge in [0, 0.05) is 44.0 Å². The van der Waals surface area contributed by atoms with Crippen LogP contribution in [0.4, 0.5) is 4.39 Å². The standard InChI is InChI=1S/C31H35FN6O5S/c1-19-29(40)33-13-23-14-38(17-28-35-25(18-44-28)21-8-10-22(32)11-9-21)15-26(43-23)30(41)36-24(12-20-6-4-3-5-7-20)31(42)37(2)16-27(39)34-19/h3-11,18-19,23-24,26H,12-17H2,1-2H3,(H,33,40)(H,34,39)(H,36,41)/t19-,23+,24-,26-/m1/s1. The molecule has 0 spiro atoms. The summed E-state index contributed by atoms with van der Waals surface area (Å²) in [6.07, 6.45) is -1.25. The molecule has 4 atom stereocenters. The Bertz CT molecular complexity index is 1490. The van der Waals surface area contributed by atoms with Crippen molar-refractivity contribution in [1.29, 1.82) is 0 Å². The third kappa shape index (κ3) is 8.04. The number of carbonyl (C=O) groups excluding carboxylic acids is 4. The molecule has 2 aliphatic heterocycles. The zero-order valence-electron chi connectivity index (χ0n) is 24.5. The second-order valence-electron chi connectivity index (χ2n) is 11.1. The van der Waals surface area contributed by atoms with E-state index in [1.165, 1.54) is 35.4 Å². The van der Waals surface area contributed by atoms with Crippen molar-refractivity contribution in [3.63, 3.8) is 0 Å². The number of carbonyl (C=O) groups is 4. The van der Waals surface area contributed by atoms with E-state index in [0.717, 1.165) is 21.8 Å². The number of amides is 4. The van der Waals surface area contributed by atoms with E-state index in [9.17, 15) is 23.6 Å². The molecular weight excluding hydrogens is 587 g/mol. The number of halogens is 1. The monoisotopic (exact) mass is 622 g/mol. The number of morpholine rings is 1. The van der Waals surface area contributed by atoms with E-state index in [0.29, 0.717) is 13.1 Å². The van der Waals surface area contributed by atoms with Gasteiger partial charge in [0.2, 0.25) is 17.7 Å². The van der Waals surface area contributed by atoms with Gasteiger partial charge in [0.05, 0.1) is 24.9 Å². The van der Waals surface area contributed by atoms with E-state index >= 15 is 0 Å². The van der Waals surface area contributed by atoms with Crippen molar-refractivity contribution in [2.45, 2.75) is 44.2 Å². The minimum Gasteiger partial charge on any atom is -0.361 e. The maximum absolute atomic E-state index is 13.7. The Morgan fingerprint density at radius 2 is 1.75 bits per heavy atom. The highest BCUT2D eigenvalue weighted by molar-refractivity contribution is 7.09. The molecule has 0 saturated carbocycles. The van der Waals surface area contributed by atoms with Crippen LogP contribution in [-0.4, -0.2) is 95.9 Å². The van der Waals surface area contributed by atoms with Crippen LogP contribution in [0.5, 0.6) is 0 Å². The van der Waals surface area contributed by atoms with Gasteiger partial charge in [-0.1, -0.05) is 30.3 Å². The molecule has 2 bridgehead atoms. The number of aromatic nitrogens is 1. The molecule has 2 aromatic carbocycles. The first kappa shape index (κ1) is 31.2. The zero-order valence-corrected chi connectivity index (χ0v) is 25.3. The van der Waals surface area contributed by atoms with Crippen molar-refractivity contribution in [1.82, 2.24) is 30.7 Å². The third-order valence-electron chi connectivity index (χ3n) is 7.51. The number of nitrogens with one attached hydrogen (secondary N) is 3. The molecule has 44 heavy (non-hydrogen) atoms. The van der Waals surface area contributed by atoms with Crippen LogP contribution >= 0.6 is 11.3 Å². The molecule has 3 heterocycles. The number of thiazole rings is 1. The van der Waals surface area contributed by atoms with Gasteiger partial charge in [0.1, 0.15) is 29.0 Å². The third-order valence-corrected chi connectivity index (χ3v) is 8.35. The number of likely N-dealkylation sites (N-methyl/N-ethyl adjacent to an activating group) is 1.